The molecule has 0 saturated heterocycles. The number of hydrogen-bond donors (Lipinski definition) is 8. The van der Waals surface area contributed by atoms with E-state index in [1.54, 1.807) is 0 Å². The highest BCUT2D eigenvalue weighted by molar-refractivity contribution is 5.91. The van der Waals surface area contributed by atoms with Gasteiger partial charge in [0.05, 0.1) is 12.7 Å². The molecule has 0 aliphatic rings. The van der Waals surface area contributed by atoms with Crippen molar-refractivity contribution in [1.29, 1.82) is 0 Å². The van der Waals surface area contributed by atoms with Gasteiger partial charge < -0.3 is 43.2 Å². The minimum absolute atomic E-state index is 0.0820. The van der Waals surface area contributed by atoms with E-state index < -0.39 is 48.6 Å². The van der Waals surface area contributed by atoms with Gasteiger partial charge in [0.1, 0.15) is 18.1 Å². The summed E-state index contributed by atoms with van der Waals surface area (Å²) in [4.78, 5) is 38.7. The summed E-state index contributed by atoms with van der Waals surface area (Å²) in [5.74, 6) is -3.17. The van der Waals surface area contributed by atoms with Crippen LogP contribution in [0.25, 0.3) is 0 Å². The van der Waals surface area contributed by atoms with Crippen LogP contribution in [-0.4, -0.2) is 76.4 Å². The molecule has 2 amide bonds. The van der Waals surface area contributed by atoms with Gasteiger partial charge in [-0.15, -0.1) is 0 Å². The Balaban J connectivity index is 4.97. The van der Waals surface area contributed by atoms with Gasteiger partial charge in [-0.2, -0.15) is 0 Å². The highest BCUT2D eigenvalue weighted by Crippen LogP contribution is 2.01. The molecule has 144 valence electrons. The van der Waals surface area contributed by atoms with Crippen molar-refractivity contribution in [2.24, 2.45) is 22.2 Å². The summed E-state index contributed by atoms with van der Waals surface area (Å²) < 4.78 is 0. The number of guanidine groups is 1. The standard InChI is InChI=1S/C13H26N6O6/c1-6(21)9(14)11(23)18-7(3-2-4-17-13(15)16)10(22)19-8(5-20)12(24)25/h6-9,20-21H,2-5,14H2,1H3,(H,18,23)(H,19,22)(H,24,25)(H4,15,16,17). The summed E-state index contributed by atoms with van der Waals surface area (Å²) in [6.45, 7) is 0.681. The first-order chi connectivity index (χ1) is 11.6. The molecule has 4 unspecified atom stereocenters. The maximum absolute atomic E-state index is 12.2. The largest absolute Gasteiger partial charge is 0.480 e. The van der Waals surface area contributed by atoms with Gasteiger partial charge in [-0.05, 0) is 19.8 Å². The van der Waals surface area contributed by atoms with Crippen molar-refractivity contribution in [2.75, 3.05) is 13.2 Å². The molecule has 0 heterocycles. The molecule has 12 heteroatoms. The van der Waals surface area contributed by atoms with E-state index in [2.05, 4.69) is 15.6 Å². The Labute approximate surface area is 144 Å². The molecule has 4 atom stereocenters. The Hall–Kier alpha value is -2.44. The lowest BCUT2D eigenvalue weighted by molar-refractivity contribution is -0.143. The zero-order valence-electron chi connectivity index (χ0n) is 13.9. The number of amides is 2. The van der Waals surface area contributed by atoms with Crippen LogP contribution in [0.15, 0.2) is 4.99 Å². The van der Waals surface area contributed by atoms with Crippen LogP contribution in [0.4, 0.5) is 0 Å². The van der Waals surface area contributed by atoms with Crippen molar-refractivity contribution in [3.05, 3.63) is 0 Å². The first-order valence-electron chi connectivity index (χ1n) is 7.53. The third-order valence-corrected chi connectivity index (χ3v) is 3.20. The van der Waals surface area contributed by atoms with Gasteiger partial charge in [-0.3, -0.25) is 14.6 Å². The quantitative estimate of drug-likeness (QED) is 0.101. The molecule has 12 nitrogen and oxygen atoms in total. The normalized spacial score (nSPS) is 15.4. The number of aliphatic carboxylic acids is 1. The van der Waals surface area contributed by atoms with Gasteiger partial charge in [0.2, 0.25) is 11.8 Å². The van der Waals surface area contributed by atoms with Crippen molar-refractivity contribution < 1.29 is 29.7 Å². The Bertz CT molecular complexity index is 493. The lowest BCUT2D eigenvalue weighted by atomic mass is 10.1. The molecule has 0 aliphatic carbocycles. The van der Waals surface area contributed by atoms with Crippen LogP contribution in [0, 0.1) is 0 Å². The van der Waals surface area contributed by atoms with Crippen LogP contribution in [0.3, 0.4) is 0 Å². The summed E-state index contributed by atoms with van der Waals surface area (Å²) in [7, 11) is 0. The van der Waals surface area contributed by atoms with E-state index >= 15 is 0 Å². The Kier molecular flexibility index (Phi) is 10.1. The topological polar surface area (TPSA) is 226 Å². The number of carbonyl (C=O) groups is 3. The number of carbonyl (C=O) groups excluding carboxylic acids is 2. The predicted octanol–water partition coefficient (Wildman–Crippen LogP) is -4.21. The van der Waals surface area contributed by atoms with E-state index in [0.717, 1.165) is 0 Å². The van der Waals surface area contributed by atoms with Crippen LogP contribution < -0.4 is 27.8 Å². The molecule has 0 aromatic rings. The number of hydrogen-bond acceptors (Lipinski definition) is 7. The van der Waals surface area contributed by atoms with E-state index in [-0.39, 0.29) is 18.9 Å². The van der Waals surface area contributed by atoms with Crippen LogP contribution in [0.1, 0.15) is 19.8 Å². The minimum Gasteiger partial charge on any atom is -0.480 e. The second-order valence-electron chi connectivity index (χ2n) is 5.36. The highest BCUT2D eigenvalue weighted by Gasteiger charge is 2.28. The molecule has 0 spiro atoms. The van der Waals surface area contributed by atoms with Crippen LogP contribution in [0.2, 0.25) is 0 Å². The number of aliphatic hydroxyl groups is 2. The second kappa shape index (κ2) is 11.2. The van der Waals surface area contributed by atoms with Crippen molar-refractivity contribution in [2.45, 2.75) is 44.0 Å². The smallest absolute Gasteiger partial charge is 0.328 e. The summed E-state index contributed by atoms with van der Waals surface area (Å²) in [6, 6.07) is -3.92. The molecule has 0 saturated carbocycles. The number of carboxylic acid groups (broad SMARTS) is 1. The van der Waals surface area contributed by atoms with Crippen molar-refractivity contribution in [1.82, 2.24) is 10.6 Å². The zero-order valence-corrected chi connectivity index (χ0v) is 13.9. The van der Waals surface area contributed by atoms with E-state index in [9.17, 15) is 19.5 Å². The van der Waals surface area contributed by atoms with Crippen LogP contribution in [0.5, 0.6) is 0 Å². The third-order valence-electron chi connectivity index (χ3n) is 3.20. The van der Waals surface area contributed by atoms with Gasteiger partial charge in [0.15, 0.2) is 5.96 Å². The average molecular weight is 362 g/mol. The summed E-state index contributed by atoms with van der Waals surface area (Å²) >= 11 is 0. The number of nitrogens with zero attached hydrogens (tertiary/aromatic N) is 1. The maximum Gasteiger partial charge on any atom is 0.328 e. The molecule has 11 N–H and O–H groups in total. The summed E-state index contributed by atoms with van der Waals surface area (Å²) in [5.41, 5.74) is 15.9. The van der Waals surface area contributed by atoms with Crippen molar-refractivity contribution in [3.63, 3.8) is 0 Å². The van der Waals surface area contributed by atoms with E-state index in [0.29, 0.717) is 6.42 Å². The molecule has 0 aromatic carbocycles. The predicted molar refractivity (Wildman–Crippen MR) is 88.2 cm³/mol. The third kappa shape index (κ3) is 8.83. The van der Waals surface area contributed by atoms with E-state index in [1.165, 1.54) is 6.92 Å². The Morgan fingerprint density at radius 1 is 1.12 bits per heavy atom. The lowest BCUT2D eigenvalue weighted by Gasteiger charge is -2.23. The minimum atomic E-state index is -1.52. The first kappa shape index (κ1) is 22.6. The first-order valence-corrected chi connectivity index (χ1v) is 7.53. The monoisotopic (exact) mass is 362 g/mol. The van der Waals surface area contributed by atoms with Crippen LogP contribution in [-0.2, 0) is 14.4 Å². The number of aliphatic hydroxyl groups excluding tert-OH is 2. The van der Waals surface area contributed by atoms with Gasteiger partial charge in [-0.1, -0.05) is 0 Å². The maximum atomic E-state index is 12.2. The zero-order chi connectivity index (χ0) is 19.6. The SMILES string of the molecule is CC(O)C(N)C(=O)NC(CCCN=C(N)N)C(=O)NC(CO)C(=O)O. The Morgan fingerprint density at radius 2 is 1.68 bits per heavy atom. The molecule has 0 aliphatic heterocycles. The molecule has 0 radical (unpaired) electrons. The number of nitrogens with two attached hydrogens (primary N) is 3. The second-order valence-corrected chi connectivity index (χ2v) is 5.36. The molecule has 0 aromatic heterocycles. The lowest BCUT2D eigenvalue weighted by Crippen LogP contribution is -2.56. The van der Waals surface area contributed by atoms with Gasteiger partial charge in [-0.25, -0.2) is 4.79 Å². The fourth-order valence-electron chi connectivity index (χ4n) is 1.72. The molecular formula is C13H26N6O6. The van der Waals surface area contributed by atoms with Gasteiger partial charge in [0.25, 0.3) is 0 Å². The number of rotatable bonds is 11. The summed E-state index contributed by atoms with van der Waals surface area (Å²) in [6.07, 6.45) is -0.759. The van der Waals surface area contributed by atoms with Crippen molar-refractivity contribution in [3.8, 4) is 0 Å². The summed E-state index contributed by atoms with van der Waals surface area (Å²) in [5, 5.41) is 31.6. The van der Waals surface area contributed by atoms with E-state index in [4.69, 9.17) is 27.4 Å². The Morgan fingerprint density at radius 3 is 2.12 bits per heavy atom. The highest BCUT2D eigenvalue weighted by atomic mass is 16.4. The molecule has 0 fully saturated rings. The van der Waals surface area contributed by atoms with Gasteiger partial charge >= 0.3 is 5.97 Å². The average Bonchev–Trinajstić information content (AvgIpc) is 2.53. The van der Waals surface area contributed by atoms with Gasteiger partial charge in [0, 0.05) is 6.54 Å². The molecular weight excluding hydrogens is 336 g/mol. The number of nitrogens with one attached hydrogen (secondary N) is 2. The molecule has 25 heavy (non-hydrogen) atoms. The molecule has 0 bridgehead atoms. The fourth-order valence-corrected chi connectivity index (χ4v) is 1.72. The van der Waals surface area contributed by atoms with Crippen molar-refractivity contribution >= 4 is 23.7 Å². The number of aliphatic imine (C=N–C) groups is 1. The van der Waals surface area contributed by atoms with E-state index in [1.807, 2.05) is 0 Å². The fraction of sp³-hybridized carbons (Fsp3) is 0.692. The van der Waals surface area contributed by atoms with Crippen LogP contribution >= 0.6 is 0 Å². The number of carboxylic acids is 1. The molecule has 0 rings (SSSR count).